The van der Waals surface area contributed by atoms with E-state index in [4.69, 9.17) is 4.74 Å². The average Bonchev–Trinajstić information content (AvgIpc) is 2.18. The van der Waals surface area contributed by atoms with Crippen LogP contribution in [0, 0.1) is 0 Å². The number of hydrogen-bond acceptors (Lipinski definition) is 1. The van der Waals surface area contributed by atoms with Gasteiger partial charge < -0.3 is 4.74 Å². The van der Waals surface area contributed by atoms with Crippen molar-refractivity contribution in [2.75, 3.05) is 7.11 Å². The summed E-state index contributed by atoms with van der Waals surface area (Å²) in [6.45, 7) is 8.26. The molecule has 1 rings (SSSR count). The van der Waals surface area contributed by atoms with Gasteiger partial charge in [-0.3, -0.25) is 0 Å². The van der Waals surface area contributed by atoms with Gasteiger partial charge in [0.1, 0.15) is 0 Å². The molecule has 0 aliphatic rings. The van der Waals surface area contributed by atoms with Crippen molar-refractivity contribution in [2.24, 2.45) is 0 Å². The van der Waals surface area contributed by atoms with Crippen LogP contribution in [0.4, 0.5) is 0 Å². The minimum absolute atomic E-state index is 0.0916. The van der Waals surface area contributed by atoms with Crippen molar-refractivity contribution in [1.82, 2.24) is 0 Å². The Morgan fingerprint density at radius 3 is 2.36 bits per heavy atom. The van der Waals surface area contributed by atoms with Crippen LogP contribution in [0.25, 0.3) is 0 Å². The molecule has 1 nitrogen and oxygen atoms in total. The van der Waals surface area contributed by atoms with E-state index in [-0.39, 0.29) is 5.41 Å². The lowest BCUT2D eigenvalue weighted by molar-refractivity contribution is 0.258. The van der Waals surface area contributed by atoms with Crippen molar-refractivity contribution in [1.29, 1.82) is 0 Å². The highest BCUT2D eigenvalue weighted by molar-refractivity contribution is 5.24. The first-order valence-electron chi connectivity index (χ1n) is 4.83. The minimum Gasteiger partial charge on any atom is -0.502 e. The summed E-state index contributed by atoms with van der Waals surface area (Å²) >= 11 is 0. The highest BCUT2D eigenvalue weighted by Gasteiger charge is 2.21. The molecular weight excluding hydrogens is 172 g/mol. The largest absolute Gasteiger partial charge is 0.502 e. The summed E-state index contributed by atoms with van der Waals surface area (Å²) in [4.78, 5) is 0. The first kappa shape index (κ1) is 10.8. The van der Waals surface area contributed by atoms with E-state index in [9.17, 15) is 0 Å². The lowest BCUT2D eigenvalue weighted by Crippen LogP contribution is -2.18. The zero-order valence-corrected chi connectivity index (χ0v) is 9.21. The summed E-state index contributed by atoms with van der Waals surface area (Å²) in [6, 6.07) is 10.4. The van der Waals surface area contributed by atoms with Gasteiger partial charge in [-0.25, -0.2) is 0 Å². The molecule has 0 unspecified atom stereocenters. The Morgan fingerprint density at radius 2 is 1.86 bits per heavy atom. The van der Waals surface area contributed by atoms with Crippen molar-refractivity contribution in [3.05, 3.63) is 48.2 Å². The van der Waals surface area contributed by atoms with E-state index in [1.54, 1.807) is 7.11 Å². The average molecular weight is 190 g/mol. The van der Waals surface area contributed by atoms with Crippen LogP contribution < -0.4 is 0 Å². The van der Waals surface area contributed by atoms with E-state index in [1.165, 1.54) is 5.56 Å². The molecule has 1 aromatic carbocycles. The van der Waals surface area contributed by atoms with Crippen LogP contribution in [0.2, 0.25) is 0 Å². The SMILES string of the molecule is C=C(CC(C)(C)c1ccccc1)OC. The predicted molar refractivity (Wildman–Crippen MR) is 60.2 cm³/mol. The maximum atomic E-state index is 5.11. The Bertz CT molecular complexity index is 298. The van der Waals surface area contributed by atoms with Crippen molar-refractivity contribution >= 4 is 0 Å². The Labute approximate surface area is 86.4 Å². The highest BCUT2D eigenvalue weighted by Crippen LogP contribution is 2.29. The lowest BCUT2D eigenvalue weighted by atomic mass is 9.81. The molecule has 0 aliphatic carbocycles. The topological polar surface area (TPSA) is 9.23 Å². The van der Waals surface area contributed by atoms with E-state index >= 15 is 0 Å². The molecule has 0 N–H and O–H groups in total. The second-order valence-electron chi connectivity index (χ2n) is 4.17. The molecule has 0 aliphatic heterocycles. The third-order valence-electron chi connectivity index (χ3n) is 2.48. The van der Waals surface area contributed by atoms with Crippen LogP contribution in [0.1, 0.15) is 25.8 Å². The molecule has 0 aromatic heterocycles. The summed E-state index contributed by atoms with van der Waals surface area (Å²) in [5.41, 5.74) is 1.41. The van der Waals surface area contributed by atoms with Crippen LogP contribution >= 0.6 is 0 Å². The molecule has 0 atom stereocenters. The number of benzene rings is 1. The van der Waals surface area contributed by atoms with Crippen molar-refractivity contribution in [2.45, 2.75) is 25.7 Å². The molecule has 0 saturated carbocycles. The zero-order valence-electron chi connectivity index (χ0n) is 9.21. The Morgan fingerprint density at radius 1 is 1.29 bits per heavy atom. The van der Waals surface area contributed by atoms with Crippen LogP contribution in [0.15, 0.2) is 42.7 Å². The van der Waals surface area contributed by atoms with Gasteiger partial charge in [0.25, 0.3) is 0 Å². The number of ether oxygens (including phenoxy) is 1. The van der Waals surface area contributed by atoms with Gasteiger partial charge >= 0.3 is 0 Å². The van der Waals surface area contributed by atoms with E-state index in [0.717, 1.165) is 12.2 Å². The lowest BCUT2D eigenvalue weighted by Gasteiger charge is -2.25. The second kappa shape index (κ2) is 4.32. The molecule has 14 heavy (non-hydrogen) atoms. The summed E-state index contributed by atoms with van der Waals surface area (Å²) in [7, 11) is 1.67. The molecule has 0 heterocycles. The molecule has 0 saturated heterocycles. The van der Waals surface area contributed by atoms with E-state index in [1.807, 2.05) is 6.07 Å². The maximum absolute atomic E-state index is 5.11. The maximum Gasteiger partial charge on any atom is 0.0892 e. The normalized spacial score (nSPS) is 11.1. The first-order valence-corrected chi connectivity index (χ1v) is 4.83. The van der Waals surface area contributed by atoms with E-state index in [0.29, 0.717) is 0 Å². The van der Waals surface area contributed by atoms with Gasteiger partial charge in [-0.15, -0.1) is 0 Å². The quantitative estimate of drug-likeness (QED) is 0.660. The summed E-state index contributed by atoms with van der Waals surface area (Å²) in [6.07, 6.45) is 0.855. The van der Waals surface area contributed by atoms with Gasteiger partial charge in [-0.05, 0) is 11.0 Å². The molecule has 0 bridgehead atoms. The third kappa shape index (κ3) is 2.63. The van der Waals surface area contributed by atoms with Gasteiger partial charge in [0.2, 0.25) is 0 Å². The Hall–Kier alpha value is -1.24. The number of hydrogen-bond donors (Lipinski definition) is 0. The van der Waals surface area contributed by atoms with Crippen molar-refractivity contribution < 1.29 is 4.74 Å². The van der Waals surface area contributed by atoms with E-state index in [2.05, 4.69) is 44.7 Å². The molecule has 76 valence electrons. The second-order valence-corrected chi connectivity index (χ2v) is 4.17. The fourth-order valence-corrected chi connectivity index (χ4v) is 1.56. The number of rotatable bonds is 4. The van der Waals surface area contributed by atoms with Crippen LogP contribution in [0.5, 0.6) is 0 Å². The summed E-state index contributed by atoms with van der Waals surface area (Å²) in [5, 5.41) is 0. The first-order chi connectivity index (χ1) is 6.56. The fourth-order valence-electron chi connectivity index (χ4n) is 1.56. The molecule has 0 spiro atoms. The van der Waals surface area contributed by atoms with Gasteiger partial charge in [0, 0.05) is 6.42 Å². The molecule has 1 heteroatoms. The van der Waals surface area contributed by atoms with Gasteiger partial charge in [0.05, 0.1) is 12.9 Å². The number of methoxy groups -OCH3 is 1. The van der Waals surface area contributed by atoms with Crippen LogP contribution in [-0.2, 0) is 10.2 Å². The minimum atomic E-state index is 0.0916. The fraction of sp³-hybridized carbons (Fsp3) is 0.385. The highest BCUT2D eigenvalue weighted by atomic mass is 16.5. The standard InChI is InChI=1S/C13H18O/c1-11(14-4)10-13(2,3)12-8-6-5-7-9-12/h5-9H,1,10H2,2-4H3. The molecule has 0 fully saturated rings. The Balaban J connectivity index is 2.80. The molecule has 0 amide bonds. The molecule has 0 radical (unpaired) electrons. The smallest absolute Gasteiger partial charge is 0.0892 e. The van der Waals surface area contributed by atoms with E-state index < -0.39 is 0 Å². The number of allylic oxidation sites excluding steroid dienone is 1. The summed E-state index contributed by atoms with van der Waals surface area (Å²) in [5.74, 6) is 0.832. The van der Waals surface area contributed by atoms with Gasteiger partial charge in [0.15, 0.2) is 0 Å². The Kier molecular flexibility index (Phi) is 3.34. The molecule has 1 aromatic rings. The van der Waals surface area contributed by atoms with Gasteiger partial charge in [-0.2, -0.15) is 0 Å². The predicted octanol–water partition coefficient (Wildman–Crippen LogP) is 3.51. The summed E-state index contributed by atoms with van der Waals surface area (Å²) < 4.78 is 5.11. The van der Waals surface area contributed by atoms with Gasteiger partial charge in [-0.1, -0.05) is 50.8 Å². The monoisotopic (exact) mass is 190 g/mol. The third-order valence-corrected chi connectivity index (χ3v) is 2.48. The van der Waals surface area contributed by atoms with Crippen molar-refractivity contribution in [3.63, 3.8) is 0 Å². The van der Waals surface area contributed by atoms with Crippen LogP contribution in [-0.4, -0.2) is 7.11 Å². The van der Waals surface area contributed by atoms with Crippen LogP contribution in [0.3, 0.4) is 0 Å². The van der Waals surface area contributed by atoms with Crippen molar-refractivity contribution in [3.8, 4) is 0 Å². The zero-order chi connectivity index (χ0) is 10.6. The molecular formula is C13H18O.